The van der Waals surface area contributed by atoms with Gasteiger partial charge in [-0.15, -0.1) is 0 Å². The molecule has 2 amide bonds. The Morgan fingerprint density at radius 1 is 1.13 bits per heavy atom. The summed E-state index contributed by atoms with van der Waals surface area (Å²) in [5.74, 6) is -2.43. The van der Waals surface area contributed by atoms with Gasteiger partial charge >= 0.3 is 0 Å². The first kappa shape index (κ1) is 21.9. The number of benzene rings is 2. The van der Waals surface area contributed by atoms with Crippen LogP contribution in [0.25, 0.3) is 10.9 Å². The van der Waals surface area contributed by atoms with Crippen molar-refractivity contribution in [1.82, 2.24) is 10.3 Å². The summed E-state index contributed by atoms with van der Waals surface area (Å²) >= 11 is 0. The van der Waals surface area contributed by atoms with Gasteiger partial charge in [0.25, 0.3) is 15.9 Å². The zero-order valence-electron chi connectivity index (χ0n) is 15.8. The maximum atomic E-state index is 13.0. The zero-order chi connectivity index (χ0) is 22.8. The summed E-state index contributed by atoms with van der Waals surface area (Å²) in [5, 5.41) is 11.4. The summed E-state index contributed by atoms with van der Waals surface area (Å²) in [7, 11) is -4.12. The van der Waals surface area contributed by atoms with Gasteiger partial charge in [0.05, 0.1) is 17.1 Å². The fourth-order valence-corrected chi connectivity index (χ4v) is 3.85. The number of hydrogen-bond donors (Lipinski definition) is 5. The van der Waals surface area contributed by atoms with Crippen molar-refractivity contribution in [3.8, 4) is 0 Å². The summed E-state index contributed by atoms with van der Waals surface area (Å²) in [6.45, 7) is -0.761. The van der Waals surface area contributed by atoms with Gasteiger partial charge in [0, 0.05) is 22.7 Å². The van der Waals surface area contributed by atoms with Crippen LogP contribution in [0.4, 0.5) is 10.1 Å². The third-order valence-electron chi connectivity index (χ3n) is 4.30. The molecule has 0 radical (unpaired) electrons. The topological polar surface area (TPSA) is 171 Å². The minimum atomic E-state index is -4.12. The molecule has 162 valence electrons. The van der Waals surface area contributed by atoms with E-state index in [0.717, 1.165) is 24.3 Å². The lowest BCUT2D eigenvalue weighted by molar-refractivity contribution is -0.120. The second kappa shape index (κ2) is 8.53. The van der Waals surface area contributed by atoms with Crippen LogP contribution >= 0.6 is 0 Å². The van der Waals surface area contributed by atoms with Crippen LogP contribution in [0.1, 0.15) is 10.4 Å². The molecule has 0 aliphatic rings. The molecule has 0 saturated carbocycles. The number of sulfonamides is 1. The number of anilines is 1. The Hall–Kier alpha value is -3.77. The number of aliphatic hydroxyl groups is 1. The van der Waals surface area contributed by atoms with Crippen LogP contribution in [0.15, 0.2) is 58.2 Å². The van der Waals surface area contributed by atoms with Gasteiger partial charge < -0.3 is 21.1 Å². The fourth-order valence-electron chi connectivity index (χ4n) is 2.76. The van der Waals surface area contributed by atoms with E-state index in [2.05, 4.69) is 15.0 Å². The van der Waals surface area contributed by atoms with Crippen molar-refractivity contribution in [3.63, 3.8) is 0 Å². The van der Waals surface area contributed by atoms with Crippen LogP contribution in [-0.4, -0.2) is 43.0 Å². The molecule has 0 bridgehead atoms. The first-order chi connectivity index (χ1) is 14.6. The number of carbonyl (C=O) groups excluding carboxylic acids is 2. The molecule has 2 aromatic carbocycles. The standard InChI is InChI=1S/C19H17FN4O6S/c20-10-1-3-11(4-2-10)24-31(29,30)12-5-6-15-13(7-12)14(8-17(26)22-15)19(28)23-16(9-25)18(21)27/h1-8,16,24-25H,9H2,(H2,21,27)(H,22,26)(H,23,28)/t16-/m0/s1. The number of rotatable bonds is 7. The van der Waals surface area contributed by atoms with Crippen LogP contribution in [0.2, 0.25) is 0 Å². The van der Waals surface area contributed by atoms with Gasteiger partial charge in [-0.25, -0.2) is 12.8 Å². The maximum absolute atomic E-state index is 13.0. The summed E-state index contributed by atoms with van der Waals surface area (Å²) in [6, 6.07) is 7.85. The van der Waals surface area contributed by atoms with E-state index < -0.39 is 45.9 Å². The highest BCUT2D eigenvalue weighted by Gasteiger charge is 2.22. The third kappa shape index (κ3) is 4.87. The molecule has 1 heterocycles. The number of nitrogens with two attached hydrogens (primary N) is 1. The minimum Gasteiger partial charge on any atom is -0.394 e. The highest BCUT2D eigenvalue weighted by molar-refractivity contribution is 7.92. The van der Waals surface area contributed by atoms with Gasteiger partial charge in [0.1, 0.15) is 11.9 Å². The molecule has 0 aliphatic heterocycles. The number of primary amides is 1. The molecule has 0 unspecified atom stereocenters. The van der Waals surface area contributed by atoms with Crippen LogP contribution in [0.3, 0.4) is 0 Å². The lowest BCUT2D eigenvalue weighted by atomic mass is 10.1. The Labute approximate surface area is 174 Å². The number of carbonyl (C=O) groups is 2. The summed E-state index contributed by atoms with van der Waals surface area (Å²) < 4.78 is 40.8. The van der Waals surface area contributed by atoms with Crippen molar-refractivity contribution in [2.75, 3.05) is 11.3 Å². The predicted octanol–water partition coefficient (Wildman–Crippen LogP) is 0.0440. The first-order valence-electron chi connectivity index (χ1n) is 8.77. The molecule has 1 aromatic heterocycles. The quantitative estimate of drug-likeness (QED) is 0.342. The molecule has 10 nitrogen and oxygen atoms in total. The third-order valence-corrected chi connectivity index (χ3v) is 5.68. The second-order valence-electron chi connectivity index (χ2n) is 6.48. The van der Waals surface area contributed by atoms with Crippen LogP contribution in [0.5, 0.6) is 0 Å². The molecule has 12 heteroatoms. The molecular formula is C19H17FN4O6S. The second-order valence-corrected chi connectivity index (χ2v) is 8.16. The van der Waals surface area contributed by atoms with Crippen molar-refractivity contribution in [3.05, 3.63) is 70.3 Å². The number of nitrogens with one attached hydrogen (secondary N) is 3. The molecule has 0 fully saturated rings. The molecule has 6 N–H and O–H groups in total. The number of fused-ring (bicyclic) bond motifs is 1. The number of halogens is 1. The van der Waals surface area contributed by atoms with Crippen LogP contribution in [0, 0.1) is 5.82 Å². The molecule has 0 saturated heterocycles. The average molecular weight is 448 g/mol. The number of pyridine rings is 1. The van der Waals surface area contributed by atoms with E-state index in [4.69, 9.17) is 5.73 Å². The van der Waals surface area contributed by atoms with Crippen molar-refractivity contribution in [2.24, 2.45) is 5.73 Å². The number of aliphatic hydroxyl groups excluding tert-OH is 1. The Bertz CT molecular complexity index is 1320. The number of aromatic nitrogens is 1. The Morgan fingerprint density at radius 2 is 1.81 bits per heavy atom. The van der Waals surface area contributed by atoms with Gasteiger partial charge in [-0.2, -0.15) is 0 Å². The van der Waals surface area contributed by atoms with Gasteiger partial charge in [0.2, 0.25) is 11.5 Å². The number of hydrogen-bond acceptors (Lipinski definition) is 6. The largest absolute Gasteiger partial charge is 0.394 e. The van der Waals surface area contributed by atoms with E-state index >= 15 is 0 Å². The molecular weight excluding hydrogens is 431 g/mol. The lowest BCUT2D eigenvalue weighted by Gasteiger charge is -2.14. The van der Waals surface area contributed by atoms with E-state index in [1.54, 1.807) is 0 Å². The Morgan fingerprint density at radius 3 is 2.42 bits per heavy atom. The zero-order valence-corrected chi connectivity index (χ0v) is 16.6. The van der Waals surface area contributed by atoms with E-state index in [1.807, 2.05) is 0 Å². The van der Waals surface area contributed by atoms with Crippen LogP contribution < -0.4 is 21.3 Å². The smallest absolute Gasteiger partial charge is 0.261 e. The van der Waals surface area contributed by atoms with Crippen molar-refractivity contribution < 1.29 is 27.5 Å². The fraction of sp³-hybridized carbons (Fsp3) is 0.105. The van der Waals surface area contributed by atoms with Crippen LogP contribution in [-0.2, 0) is 14.8 Å². The van der Waals surface area contributed by atoms with E-state index in [1.165, 1.54) is 24.3 Å². The number of amides is 2. The number of H-pyrrole nitrogens is 1. The molecule has 31 heavy (non-hydrogen) atoms. The summed E-state index contributed by atoms with van der Waals surface area (Å²) in [4.78, 5) is 38.0. The minimum absolute atomic E-state index is 0.0697. The number of aromatic amines is 1. The molecule has 3 rings (SSSR count). The maximum Gasteiger partial charge on any atom is 0.261 e. The molecule has 0 spiro atoms. The van der Waals surface area contributed by atoms with Gasteiger partial charge in [-0.1, -0.05) is 0 Å². The molecule has 3 aromatic rings. The molecule has 0 aliphatic carbocycles. The highest BCUT2D eigenvalue weighted by atomic mass is 32.2. The van der Waals surface area contributed by atoms with Crippen molar-refractivity contribution in [1.29, 1.82) is 0 Å². The van der Waals surface area contributed by atoms with Crippen molar-refractivity contribution >= 4 is 38.4 Å². The normalized spacial score (nSPS) is 12.3. The highest BCUT2D eigenvalue weighted by Crippen LogP contribution is 2.22. The molecule has 1 atom stereocenters. The Balaban J connectivity index is 2.04. The van der Waals surface area contributed by atoms with Gasteiger partial charge in [-0.05, 0) is 42.5 Å². The summed E-state index contributed by atoms with van der Waals surface area (Å²) in [6.07, 6.45) is 0. The van der Waals surface area contributed by atoms with Gasteiger partial charge in [0.15, 0.2) is 0 Å². The predicted molar refractivity (Wildman–Crippen MR) is 109 cm³/mol. The first-order valence-corrected chi connectivity index (χ1v) is 10.3. The van der Waals surface area contributed by atoms with E-state index in [9.17, 15) is 32.3 Å². The summed E-state index contributed by atoms with van der Waals surface area (Å²) in [5.41, 5.74) is 4.50. The van der Waals surface area contributed by atoms with Crippen molar-refractivity contribution in [2.45, 2.75) is 10.9 Å². The van der Waals surface area contributed by atoms with Gasteiger partial charge in [-0.3, -0.25) is 19.1 Å². The van der Waals surface area contributed by atoms with E-state index in [-0.39, 0.29) is 27.0 Å². The average Bonchev–Trinajstić information content (AvgIpc) is 2.72. The SMILES string of the molecule is NC(=O)[C@H](CO)NC(=O)c1cc(=O)[nH]c2ccc(S(=O)(=O)Nc3ccc(F)cc3)cc12. The van der Waals surface area contributed by atoms with E-state index in [0.29, 0.717) is 0 Å². The lowest BCUT2D eigenvalue weighted by Crippen LogP contribution is -2.47. The Kier molecular flexibility index (Phi) is 6.04. The monoisotopic (exact) mass is 448 g/mol.